The van der Waals surface area contributed by atoms with Crippen molar-refractivity contribution < 1.29 is 14.8 Å². The van der Waals surface area contributed by atoms with Gasteiger partial charge in [-0.2, -0.15) is 11.8 Å². The van der Waals surface area contributed by atoms with E-state index in [1.807, 2.05) is 6.92 Å². The van der Waals surface area contributed by atoms with Crippen LogP contribution in [0.3, 0.4) is 0 Å². The number of nitro groups is 1. The summed E-state index contributed by atoms with van der Waals surface area (Å²) >= 11 is 1.74. The van der Waals surface area contributed by atoms with Gasteiger partial charge < -0.3 is 10.0 Å². The van der Waals surface area contributed by atoms with Gasteiger partial charge in [0.15, 0.2) is 0 Å². The molecule has 0 aromatic heterocycles. The number of benzene rings is 1. The molecule has 1 aliphatic rings. The maximum absolute atomic E-state index is 10.9. The third kappa shape index (κ3) is 3.22. The summed E-state index contributed by atoms with van der Waals surface area (Å²) < 4.78 is 0. The maximum Gasteiger partial charge on any atom is 0.305 e. The molecule has 1 aromatic carbocycles. The number of carboxylic acids is 1. The van der Waals surface area contributed by atoms with Crippen LogP contribution >= 0.6 is 11.8 Å². The molecule has 1 unspecified atom stereocenters. The number of hydrogen-bond acceptors (Lipinski definition) is 5. The Labute approximate surface area is 120 Å². The van der Waals surface area contributed by atoms with E-state index in [0.717, 1.165) is 29.3 Å². The zero-order chi connectivity index (χ0) is 14.7. The lowest BCUT2D eigenvalue weighted by Gasteiger charge is -2.37. The first kappa shape index (κ1) is 14.6. The van der Waals surface area contributed by atoms with E-state index in [2.05, 4.69) is 4.90 Å². The van der Waals surface area contributed by atoms with Gasteiger partial charge in [0.05, 0.1) is 11.3 Å². The Morgan fingerprint density at radius 3 is 2.95 bits per heavy atom. The van der Waals surface area contributed by atoms with Crippen LogP contribution in [0.2, 0.25) is 0 Å². The number of nitrogens with zero attached hydrogens (tertiary/aromatic N) is 2. The molecule has 0 bridgehead atoms. The van der Waals surface area contributed by atoms with E-state index in [4.69, 9.17) is 5.11 Å². The van der Waals surface area contributed by atoms with Crippen LogP contribution in [0.15, 0.2) is 18.2 Å². The van der Waals surface area contributed by atoms with Crippen LogP contribution in [-0.2, 0) is 4.79 Å². The van der Waals surface area contributed by atoms with Crippen molar-refractivity contribution in [2.75, 3.05) is 23.0 Å². The van der Waals surface area contributed by atoms with Gasteiger partial charge >= 0.3 is 5.97 Å². The van der Waals surface area contributed by atoms with E-state index in [0.29, 0.717) is 0 Å². The number of hydrogen-bond donors (Lipinski definition) is 1. The Morgan fingerprint density at radius 1 is 1.60 bits per heavy atom. The Hall–Kier alpha value is -1.76. The largest absolute Gasteiger partial charge is 0.481 e. The lowest BCUT2D eigenvalue weighted by Crippen LogP contribution is -2.44. The van der Waals surface area contributed by atoms with Crippen molar-refractivity contribution in [3.8, 4) is 0 Å². The first-order chi connectivity index (χ1) is 9.49. The number of thioether (sulfide) groups is 1. The molecule has 0 spiro atoms. The van der Waals surface area contributed by atoms with Crippen molar-refractivity contribution in [3.63, 3.8) is 0 Å². The molecular weight excluding hydrogens is 280 g/mol. The standard InChI is InChI=1S/C13H16N2O4S/c1-9-6-10(15(18)19)2-3-12(9)14-4-5-20-8-11(14)7-13(16)17/h2-3,6,11H,4-5,7-8H2,1H3,(H,16,17). The van der Waals surface area contributed by atoms with Crippen molar-refractivity contribution in [2.45, 2.75) is 19.4 Å². The number of non-ortho nitro benzene ring substituents is 1. The van der Waals surface area contributed by atoms with Crippen LogP contribution in [0.1, 0.15) is 12.0 Å². The zero-order valence-corrected chi connectivity index (χ0v) is 11.9. The highest BCUT2D eigenvalue weighted by atomic mass is 32.2. The highest BCUT2D eigenvalue weighted by Crippen LogP contribution is 2.30. The van der Waals surface area contributed by atoms with Gasteiger partial charge in [-0.25, -0.2) is 0 Å². The lowest BCUT2D eigenvalue weighted by atomic mass is 10.1. The molecule has 0 saturated carbocycles. The molecule has 2 rings (SSSR count). The lowest BCUT2D eigenvalue weighted by molar-refractivity contribution is -0.384. The summed E-state index contributed by atoms with van der Waals surface area (Å²) in [6, 6.07) is 4.67. The summed E-state index contributed by atoms with van der Waals surface area (Å²) in [5.74, 6) is 0.886. The molecule has 1 heterocycles. The van der Waals surface area contributed by atoms with E-state index in [1.54, 1.807) is 17.8 Å². The minimum atomic E-state index is -0.818. The van der Waals surface area contributed by atoms with Gasteiger partial charge in [-0.15, -0.1) is 0 Å². The SMILES string of the molecule is Cc1cc([N+](=O)[O-])ccc1N1CCSCC1CC(=O)O. The highest BCUT2D eigenvalue weighted by molar-refractivity contribution is 7.99. The number of carbonyl (C=O) groups is 1. The van der Waals surface area contributed by atoms with Crippen molar-refractivity contribution in [2.24, 2.45) is 0 Å². The summed E-state index contributed by atoms with van der Waals surface area (Å²) in [7, 11) is 0. The average molecular weight is 296 g/mol. The molecule has 1 aliphatic heterocycles. The molecule has 1 N–H and O–H groups in total. The van der Waals surface area contributed by atoms with E-state index in [1.165, 1.54) is 12.1 Å². The third-order valence-electron chi connectivity index (χ3n) is 3.34. The second-order valence-corrected chi connectivity index (χ2v) is 5.90. The van der Waals surface area contributed by atoms with Gasteiger partial charge in [0.25, 0.3) is 5.69 Å². The molecule has 0 aliphatic carbocycles. The fraction of sp³-hybridized carbons (Fsp3) is 0.462. The summed E-state index contributed by atoms with van der Waals surface area (Å²) in [5, 5.41) is 19.8. The molecule has 0 radical (unpaired) electrons. The number of aryl methyl sites for hydroxylation is 1. The maximum atomic E-state index is 10.9. The Bertz CT molecular complexity index is 535. The number of nitro benzene ring substituents is 1. The van der Waals surface area contributed by atoms with Crippen LogP contribution in [0.5, 0.6) is 0 Å². The molecule has 108 valence electrons. The zero-order valence-electron chi connectivity index (χ0n) is 11.1. The van der Waals surface area contributed by atoms with Crippen molar-refractivity contribution in [3.05, 3.63) is 33.9 Å². The van der Waals surface area contributed by atoms with Gasteiger partial charge in [0.1, 0.15) is 0 Å². The predicted molar refractivity (Wildman–Crippen MR) is 78.5 cm³/mol. The van der Waals surface area contributed by atoms with Crippen molar-refractivity contribution >= 4 is 29.1 Å². The van der Waals surface area contributed by atoms with Crippen molar-refractivity contribution in [1.29, 1.82) is 0 Å². The van der Waals surface area contributed by atoms with Crippen LogP contribution in [0, 0.1) is 17.0 Å². The summed E-state index contributed by atoms with van der Waals surface area (Å²) in [6.45, 7) is 2.59. The van der Waals surface area contributed by atoms with Gasteiger partial charge in [0.2, 0.25) is 0 Å². The summed E-state index contributed by atoms with van der Waals surface area (Å²) in [5.41, 5.74) is 1.76. The average Bonchev–Trinajstić information content (AvgIpc) is 2.39. The van der Waals surface area contributed by atoms with Crippen LogP contribution in [-0.4, -0.2) is 40.1 Å². The predicted octanol–water partition coefficient (Wildman–Crippen LogP) is 2.30. The molecule has 6 nitrogen and oxygen atoms in total. The van der Waals surface area contributed by atoms with Crippen LogP contribution in [0.4, 0.5) is 11.4 Å². The van der Waals surface area contributed by atoms with Crippen molar-refractivity contribution in [1.82, 2.24) is 0 Å². The molecule has 20 heavy (non-hydrogen) atoms. The molecule has 1 atom stereocenters. The molecule has 0 amide bonds. The van der Waals surface area contributed by atoms with Crippen LogP contribution < -0.4 is 4.90 Å². The second kappa shape index (κ2) is 6.13. The number of carboxylic acid groups (broad SMARTS) is 1. The molecule has 1 aromatic rings. The number of aliphatic carboxylic acids is 1. The first-order valence-corrected chi connectivity index (χ1v) is 7.45. The Morgan fingerprint density at radius 2 is 2.35 bits per heavy atom. The minimum absolute atomic E-state index is 0.0624. The molecular formula is C13H16N2O4S. The third-order valence-corrected chi connectivity index (χ3v) is 4.43. The van der Waals surface area contributed by atoms with Gasteiger partial charge in [-0.05, 0) is 18.6 Å². The number of rotatable bonds is 4. The second-order valence-electron chi connectivity index (χ2n) is 4.75. The Kier molecular flexibility index (Phi) is 4.49. The van der Waals surface area contributed by atoms with Crippen LogP contribution in [0.25, 0.3) is 0 Å². The van der Waals surface area contributed by atoms with E-state index < -0.39 is 10.9 Å². The normalized spacial score (nSPS) is 18.9. The van der Waals surface area contributed by atoms with E-state index in [-0.39, 0.29) is 18.2 Å². The summed E-state index contributed by atoms with van der Waals surface area (Å²) in [4.78, 5) is 23.3. The quantitative estimate of drug-likeness (QED) is 0.678. The van der Waals surface area contributed by atoms with Gasteiger partial charge in [-0.1, -0.05) is 0 Å². The molecule has 1 saturated heterocycles. The fourth-order valence-corrected chi connectivity index (χ4v) is 3.48. The van der Waals surface area contributed by atoms with Gasteiger partial charge in [-0.3, -0.25) is 14.9 Å². The topological polar surface area (TPSA) is 83.7 Å². The molecule has 1 fully saturated rings. The highest BCUT2D eigenvalue weighted by Gasteiger charge is 2.26. The van der Waals surface area contributed by atoms with E-state index in [9.17, 15) is 14.9 Å². The monoisotopic (exact) mass is 296 g/mol. The summed E-state index contributed by atoms with van der Waals surface area (Å²) in [6.07, 6.45) is 0.0867. The first-order valence-electron chi connectivity index (χ1n) is 6.30. The minimum Gasteiger partial charge on any atom is -0.481 e. The Balaban J connectivity index is 2.27. The number of anilines is 1. The fourth-order valence-electron chi connectivity index (χ4n) is 2.42. The molecule has 7 heteroatoms. The van der Waals surface area contributed by atoms with Gasteiger partial charge in [0, 0.05) is 41.9 Å². The van der Waals surface area contributed by atoms with E-state index >= 15 is 0 Å². The smallest absolute Gasteiger partial charge is 0.305 e.